The third-order valence-corrected chi connectivity index (χ3v) is 6.07. The lowest BCUT2D eigenvalue weighted by molar-refractivity contribution is -0.115. The van der Waals surface area contributed by atoms with Gasteiger partial charge >= 0.3 is 0 Å². The lowest BCUT2D eigenvalue weighted by Gasteiger charge is -2.09. The van der Waals surface area contributed by atoms with Crippen molar-refractivity contribution in [3.05, 3.63) is 64.0 Å². The Labute approximate surface area is 156 Å². The highest BCUT2D eigenvalue weighted by atomic mass is 32.1. The van der Waals surface area contributed by atoms with E-state index in [4.69, 9.17) is 0 Å². The number of anilines is 1. The average Bonchev–Trinajstić information content (AvgIpc) is 3.22. The standard InChI is InChI=1S/C21H20N2O2S/c1-22-20(25)19-16-10-5-11-17(16)26-21(19)23-18(24)12-14-8-4-7-13-6-2-3-9-15(13)14/h2-4,6-9H,5,10-12H2,1H3,(H,22,25)(H,23,24). The van der Waals surface area contributed by atoms with Gasteiger partial charge in [0.2, 0.25) is 5.91 Å². The van der Waals surface area contributed by atoms with Gasteiger partial charge in [-0.2, -0.15) is 0 Å². The predicted octanol–water partition coefficient (Wildman–Crippen LogP) is 3.93. The molecule has 2 aromatic carbocycles. The number of fused-ring (bicyclic) bond motifs is 2. The number of carbonyl (C=O) groups is 2. The number of hydrogen-bond donors (Lipinski definition) is 2. The minimum atomic E-state index is -0.120. The zero-order valence-corrected chi connectivity index (χ0v) is 15.4. The molecule has 3 aromatic rings. The molecule has 0 saturated carbocycles. The summed E-state index contributed by atoms with van der Waals surface area (Å²) in [6, 6.07) is 14.1. The summed E-state index contributed by atoms with van der Waals surface area (Å²) in [6.07, 6.45) is 3.27. The highest BCUT2D eigenvalue weighted by Crippen LogP contribution is 2.39. The van der Waals surface area contributed by atoms with E-state index in [1.54, 1.807) is 18.4 Å². The molecule has 0 atom stereocenters. The summed E-state index contributed by atoms with van der Waals surface area (Å²) in [5, 5.41) is 8.58. The monoisotopic (exact) mass is 364 g/mol. The lowest BCUT2D eigenvalue weighted by Crippen LogP contribution is -2.22. The van der Waals surface area contributed by atoms with Gasteiger partial charge < -0.3 is 10.6 Å². The Morgan fingerprint density at radius 2 is 1.88 bits per heavy atom. The Hall–Kier alpha value is -2.66. The highest BCUT2D eigenvalue weighted by molar-refractivity contribution is 7.17. The first-order valence-electron chi connectivity index (χ1n) is 8.80. The van der Waals surface area contributed by atoms with Gasteiger partial charge in [-0.05, 0) is 41.2 Å². The zero-order valence-electron chi connectivity index (χ0n) is 14.6. The van der Waals surface area contributed by atoms with Gasteiger partial charge in [-0.15, -0.1) is 11.3 Å². The van der Waals surface area contributed by atoms with Gasteiger partial charge in [-0.25, -0.2) is 0 Å². The van der Waals surface area contributed by atoms with Crippen molar-refractivity contribution in [1.82, 2.24) is 5.32 Å². The third kappa shape index (κ3) is 2.99. The van der Waals surface area contributed by atoms with E-state index in [9.17, 15) is 9.59 Å². The van der Waals surface area contributed by atoms with Crippen LogP contribution in [-0.2, 0) is 24.1 Å². The maximum Gasteiger partial charge on any atom is 0.254 e. The molecule has 0 unspecified atom stereocenters. The Kier molecular flexibility index (Phi) is 4.47. The number of aryl methyl sites for hydroxylation is 1. The molecule has 2 N–H and O–H groups in total. The average molecular weight is 364 g/mol. The molecule has 1 aliphatic rings. The fraction of sp³-hybridized carbons (Fsp3) is 0.238. The van der Waals surface area contributed by atoms with Gasteiger partial charge in [0.05, 0.1) is 12.0 Å². The second-order valence-corrected chi connectivity index (χ2v) is 7.61. The molecule has 26 heavy (non-hydrogen) atoms. The molecule has 4 rings (SSSR count). The van der Waals surface area contributed by atoms with Crippen LogP contribution in [-0.4, -0.2) is 18.9 Å². The second kappa shape index (κ2) is 6.92. The van der Waals surface area contributed by atoms with Gasteiger partial charge in [-0.3, -0.25) is 9.59 Å². The van der Waals surface area contributed by atoms with E-state index >= 15 is 0 Å². The fourth-order valence-electron chi connectivity index (χ4n) is 3.65. The molecule has 0 saturated heterocycles. The van der Waals surface area contributed by atoms with Crippen molar-refractivity contribution in [3.63, 3.8) is 0 Å². The topological polar surface area (TPSA) is 58.2 Å². The first-order chi connectivity index (χ1) is 12.7. The van der Waals surface area contributed by atoms with Gasteiger partial charge in [0.1, 0.15) is 5.00 Å². The number of thiophene rings is 1. The molecule has 1 heterocycles. The van der Waals surface area contributed by atoms with E-state index in [0.717, 1.165) is 41.2 Å². The molecule has 0 aliphatic heterocycles. The quantitative estimate of drug-likeness (QED) is 0.737. The predicted molar refractivity (Wildman–Crippen MR) is 106 cm³/mol. The van der Waals surface area contributed by atoms with Crippen molar-refractivity contribution in [2.75, 3.05) is 12.4 Å². The van der Waals surface area contributed by atoms with Crippen molar-refractivity contribution in [1.29, 1.82) is 0 Å². The summed E-state index contributed by atoms with van der Waals surface area (Å²) in [4.78, 5) is 26.2. The molecule has 1 aromatic heterocycles. The molecule has 0 bridgehead atoms. The molecular formula is C21H20N2O2S. The van der Waals surface area contributed by atoms with Crippen LogP contribution in [0, 0.1) is 0 Å². The number of nitrogens with one attached hydrogen (secondary N) is 2. The molecule has 0 radical (unpaired) electrons. The van der Waals surface area contributed by atoms with E-state index in [0.29, 0.717) is 10.6 Å². The van der Waals surface area contributed by atoms with Crippen LogP contribution in [0.25, 0.3) is 10.8 Å². The molecule has 5 heteroatoms. The lowest BCUT2D eigenvalue weighted by atomic mass is 10.0. The van der Waals surface area contributed by atoms with Crippen LogP contribution in [0.1, 0.15) is 32.8 Å². The Balaban J connectivity index is 1.60. The van der Waals surface area contributed by atoms with Crippen LogP contribution in [0.15, 0.2) is 42.5 Å². The van der Waals surface area contributed by atoms with Crippen LogP contribution >= 0.6 is 11.3 Å². The second-order valence-electron chi connectivity index (χ2n) is 6.50. The zero-order chi connectivity index (χ0) is 18.1. The largest absolute Gasteiger partial charge is 0.355 e. The smallest absolute Gasteiger partial charge is 0.254 e. The maximum absolute atomic E-state index is 12.7. The third-order valence-electron chi connectivity index (χ3n) is 4.86. The summed E-state index contributed by atoms with van der Waals surface area (Å²) in [6.45, 7) is 0. The van der Waals surface area contributed by atoms with E-state index in [-0.39, 0.29) is 18.2 Å². The molecule has 0 spiro atoms. The van der Waals surface area contributed by atoms with Crippen LogP contribution in [0.5, 0.6) is 0 Å². The van der Waals surface area contributed by atoms with Gasteiger partial charge in [-0.1, -0.05) is 42.5 Å². The number of rotatable bonds is 4. The first kappa shape index (κ1) is 16.8. The summed E-state index contributed by atoms with van der Waals surface area (Å²) in [5.41, 5.74) is 2.75. The Morgan fingerprint density at radius 1 is 1.08 bits per heavy atom. The Morgan fingerprint density at radius 3 is 2.73 bits per heavy atom. The number of amides is 2. The van der Waals surface area contributed by atoms with Crippen LogP contribution in [0.4, 0.5) is 5.00 Å². The SMILES string of the molecule is CNC(=O)c1c(NC(=O)Cc2cccc3ccccc23)sc2c1CCC2. The fourth-order valence-corrected chi connectivity index (χ4v) is 4.95. The van der Waals surface area contributed by atoms with Crippen LogP contribution < -0.4 is 10.6 Å². The molecular weight excluding hydrogens is 344 g/mol. The summed E-state index contributed by atoms with van der Waals surface area (Å²) < 4.78 is 0. The molecule has 0 fully saturated rings. The number of hydrogen-bond acceptors (Lipinski definition) is 3. The molecule has 1 aliphatic carbocycles. The normalized spacial score (nSPS) is 12.8. The van der Waals surface area contributed by atoms with Crippen molar-refractivity contribution in [2.24, 2.45) is 0 Å². The van der Waals surface area contributed by atoms with E-state index in [2.05, 4.69) is 10.6 Å². The van der Waals surface area contributed by atoms with Gasteiger partial charge in [0.15, 0.2) is 0 Å². The summed E-state index contributed by atoms with van der Waals surface area (Å²) >= 11 is 1.54. The number of carbonyl (C=O) groups excluding carboxylic acids is 2. The number of benzene rings is 2. The molecule has 132 valence electrons. The van der Waals surface area contributed by atoms with Crippen molar-refractivity contribution < 1.29 is 9.59 Å². The van der Waals surface area contributed by atoms with Crippen molar-refractivity contribution >= 4 is 38.9 Å². The van der Waals surface area contributed by atoms with Gasteiger partial charge in [0, 0.05) is 11.9 Å². The molecule has 2 amide bonds. The minimum absolute atomic E-state index is 0.0913. The first-order valence-corrected chi connectivity index (χ1v) is 9.62. The van der Waals surface area contributed by atoms with Crippen molar-refractivity contribution in [3.8, 4) is 0 Å². The van der Waals surface area contributed by atoms with Crippen LogP contribution in [0.3, 0.4) is 0 Å². The van der Waals surface area contributed by atoms with E-state index < -0.39 is 0 Å². The maximum atomic E-state index is 12.7. The van der Waals surface area contributed by atoms with Crippen LogP contribution in [0.2, 0.25) is 0 Å². The van der Waals surface area contributed by atoms with E-state index in [1.807, 2.05) is 42.5 Å². The van der Waals surface area contributed by atoms with Crippen molar-refractivity contribution in [2.45, 2.75) is 25.7 Å². The van der Waals surface area contributed by atoms with E-state index in [1.165, 1.54) is 4.88 Å². The summed E-state index contributed by atoms with van der Waals surface area (Å²) in [5.74, 6) is -0.212. The Bertz CT molecular complexity index is 1000. The molecule has 4 nitrogen and oxygen atoms in total. The highest BCUT2D eigenvalue weighted by Gasteiger charge is 2.26. The minimum Gasteiger partial charge on any atom is -0.355 e. The summed E-state index contributed by atoms with van der Waals surface area (Å²) in [7, 11) is 1.63. The van der Waals surface area contributed by atoms with Gasteiger partial charge in [0.25, 0.3) is 5.91 Å².